The Kier molecular flexibility index (Phi) is 5.52. The Labute approximate surface area is 131 Å². The maximum Gasteiger partial charge on any atom is 0.341 e. The minimum absolute atomic E-state index is 0.0917. The number of anilines is 1. The number of benzene rings is 1. The third-order valence-corrected chi connectivity index (χ3v) is 3.46. The van der Waals surface area contributed by atoms with Crippen LogP contribution >= 0.6 is 15.9 Å². The third-order valence-electron chi connectivity index (χ3n) is 2.96. The van der Waals surface area contributed by atoms with Crippen LogP contribution in [-0.2, 0) is 4.74 Å². The van der Waals surface area contributed by atoms with E-state index in [1.165, 1.54) is 6.20 Å². The second-order valence-corrected chi connectivity index (χ2v) is 5.35. The van der Waals surface area contributed by atoms with Crippen LogP contribution in [0.3, 0.4) is 0 Å². The lowest BCUT2D eigenvalue weighted by Gasteiger charge is -2.14. The van der Waals surface area contributed by atoms with Crippen LogP contribution in [0.15, 0.2) is 28.9 Å². The maximum absolute atomic E-state index is 12.1. The van der Waals surface area contributed by atoms with E-state index in [0.717, 1.165) is 15.4 Å². The predicted molar refractivity (Wildman–Crippen MR) is 85.6 cm³/mol. The zero-order chi connectivity index (χ0) is 15.2. The van der Waals surface area contributed by atoms with Crippen molar-refractivity contribution in [3.8, 4) is 0 Å². The van der Waals surface area contributed by atoms with Gasteiger partial charge >= 0.3 is 5.97 Å². The van der Waals surface area contributed by atoms with Crippen molar-refractivity contribution in [2.75, 3.05) is 25.1 Å². The number of ether oxygens (including phenoxy) is 1. The number of nitrogens with zero attached hydrogens (tertiary/aromatic N) is 1. The zero-order valence-corrected chi connectivity index (χ0v) is 13.3. The highest BCUT2D eigenvalue weighted by atomic mass is 79.9. The lowest BCUT2D eigenvalue weighted by molar-refractivity contribution is 0.0527. The molecule has 5 nitrogen and oxygen atoms in total. The minimum Gasteiger partial charge on any atom is -0.462 e. The van der Waals surface area contributed by atoms with Crippen LogP contribution in [0.1, 0.15) is 23.7 Å². The van der Waals surface area contributed by atoms with Gasteiger partial charge in [0.25, 0.3) is 0 Å². The molecule has 1 aromatic heterocycles. The SMILES string of the molecule is CCOC(=O)c1cnc2ccc(Br)cc2c1NCCCO. The average Bonchev–Trinajstić information content (AvgIpc) is 2.47. The van der Waals surface area contributed by atoms with Gasteiger partial charge < -0.3 is 15.2 Å². The summed E-state index contributed by atoms with van der Waals surface area (Å²) >= 11 is 3.43. The summed E-state index contributed by atoms with van der Waals surface area (Å²) in [5.41, 5.74) is 1.88. The van der Waals surface area contributed by atoms with Crippen LogP contribution in [-0.4, -0.2) is 35.8 Å². The molecule has 0 amide bonds. The van der Waals surface area contributed by atoms with Gasteiger partial charge in [-0.25, -0.2) is 4.79 Å². The Morgan fingerprint density at radius 1 is 1.48 bits per heavy atom. The van der Waals surface area contributed by atoms with E-state index in [1.807, 2.05) is 18.2 Å². The van der Waals surface area contributed by atoms with Crippen LogP contribution in [0.5, 0.6) is 0 Å². The molecule has 0 aliphatic heterocycles. The molecule has 2 rings (SSSR count). The molecule has 0 aliphatic rings. The molecule has 2 N–H and O–H groups in total. The number of carbonyl (C=O) groups is 1. The molecule has 112 valence electrons. The van der Waals surface area contributed by atoms with Crippen LogP contribution < -0.4 is 5.32 Å². The number of carbonyl (C=O) groups excluding carboxylic acids is 1. The van der Waals surface area contributed by atoms with E-state index >= 15 is 0 Å². The van der Waals surface area contributed by atoms with Crippen molar-refractivity contribution in [2.45, 2.75) is 13.3 Å². The molecule has 0 radical (unpaired) electrons. The number of aliphatic hydroxyl groups excluding tert-OH is 1. The van der Waals surface area contributed by atoms with E-state index in [0.29, 0.717) is 30.8 Å². The van der Waals surface area contributed by atoms with Crippen molar-refractivity contribution in [1.29, 1.82) is 0 Å². The first-order valence-corrected chi connectivity index (χ1v) is 7.56. The number of aliphatic hydroxyl groups is 1. The first-order valence-electron chi connectivity index (χ1n) is 6.77. The fourth-order valence-electron chi connectivity index (χ4n) is 2.01. The summed E-state index contributed by atoms with van der Waals surface area (Å²) in [6.45, 7) is 2.73. The van der Waals surface area contributed by atoms with Crippen molar-refractivity contribution in [2.24, 2.45) is 0 Å². The standard InChI is InChI=1S/C15H17BrN2O3/c1-2-21-15(20)12-9-18-13-5-4-10(16)8-11(13)14(12)17-6-3-7-19/h4-5,8-9,19H,2-3,6-7H2,1H3,(H,17,18). The second-order valence-electron chi connectivity index (χ2n) is 4.43. The topological polar surface area (TPSA) is 71.5 Å². The average molecular weight is 353 g/mol. The monoisotopic (exact) mass is 352 g/mol. The van der Waals surface area contributed by atoms with Gasteiger partial charge in [0, 0.05) is 29.2 Å². The number of rotatable bonds is 6. The van der Waals surface area contributed by atoms with Crippen LogP contribution in [0.2, 0.25) is 0 Å². The Bertz CT molecular complexity index is 646. The first-order chi connectivity index (χ1) is 10.2. The maximum atomic E-state index is 12.1. The van der Waals surface area contributed by atoms with E-state index in [4.69, 9.17) is 9.84 Å². The highest BCUT2D eigenvalue weighted by molar-refractivity contribution is 9.10. The Hall–Kier alpha value is -1.66. The summed E-state index contributed by atoms with van der Waals surface area (Å²) in [4.78, 5) is 16.4. The molecule has 0 saturated carbocycles. The summed E-state index contributed by atoms with van der Waals surface area (Å²) in [5.74, 6) is -0.404. The van der Waals surface area contributed by atoms with Gasteiger partial charge in [0.05, 0.1) is 17.8 Å². The molecular formula is C15H17BrN2O3. The summed E-state index contributed by atoms with van der Waals surface area (Å²) < 4.78 is 5.98. The molecule has 0 spiro atoms. The van der Waals surface area contributed by atoms with E-state index in [1.54, 1.807) is 6.92 Å². The van der Waals surface area contributed by atoms with Gasteiger partial charge in [-0.3, -0.25) is 4.98 Å². The first kappa shape index (κ1) is 15.7. The summed E-state index contributed by atoms with van der Waals surface area (Å²) in [6, 6.07) is 5.69. The van der Waals surface area contributed by atoms with Gasteiger partial charge in [0.2, 0.25) is 0 Å². The lowest BCUT2D eigenvalue weighted by Crippen LogP contribution is -2.12. The van der Waals surface area contributed by atoms with Gasteiger partial charge in [0.1, 0.15) is 5.56 Å². The molecule has 6 heteroatoms. The number of hydrogen-bond donors (Lipinski definition) is 2. The number of fused-ring (bicyclic) bond motifs is 1. The Balaban J connectivity index is 2.50. The van der Waals surface area contributed by atoms with Gasteiger partial charge in [-0.1, -0.05) is 15.9 Å². The molecular weight excluding hydrogens is 336 g/mol. The van der Waals surface area contributed by atoms with E-state index in [2.05, 4.69) is 26.2 Å². The van der Waals surface area contributed by atoms with Gasteiger partial charge in [0.15, 0.2) is 0 Å². The summed E-state index contributed by atoms with van der Waals surface area (Å²) in [7, 11) is 0. The third kappa shape index (κ3) is 3.71. The number of pyridine rings is 1. The lowest BCUT2D eigenvalue weighted by atomic mass is 10.1. The minimum atomic E-state index is -0.404. The van der Waals surface area contributed by atoms with Gasteiger partial charge in [-0.15, -0.1) is 0 Å². The number of aromatic nitrogens is 1. The van der Waals surface area contributed by atoms with Gasteiger partial charge in [-0.2, -0.15) is 0 Å². The number of hydrogen-bond acceptors (Lipinski definition) is 5. The Morgan fingerprint density at radius 2 is 2.29 bits per heavy atom. The van der Waals surface area contributed by atoms with Crippen LogP contribution in [0.4, 0.5) is 5.69 Å². The molecule has 1 aromatic carbocycles. The number of esters is 1. The van der Waals surface area contributed by atoms with E-state index in [-0.39, 0.29) is 6.61 Å². The number of halogens is 1. The van der Waals surface area contributed by atoms with E-state index < -0.39 is 5.97 Å². The molecule has 21 heavy (non-hydrogen) atoms. The molecule has 0 bridgehead atoms. The number of nitrogens with one attached hydrogen (secondary N) is 1. The normalized spacial score (nSPS) is 10.6. The van der Waals surface area contributed by atoms with Crippen LogP contribution in [0, 0.1) is 0 Å². The van der Waals surface area contributed by atoms with Gasteiger partial charge in [-0.05, 0) is 31.5 Å². The molecule has 0 unspecified atom stereocenters. The van der Waals surface area contributed by atoms with Crippen LogP contribution in [0.25, 0.3) is 10.9 Å². The zero-order valence-electron chi connectivity index (χ0n) is 11.7. The molecule has 0 atom stereocenters. The fraction of sp³-hybridized carbons (Fsp3) is 0.333. The van der Waals surface area contributed by atoms with Crippen molar-refractivity contribution in [3.05, 3.63) is 34.4 Å². The predicted octanol–water partition coefficient (Wildman–Crippen LogP) is 2.97. The van der Waals surface area contributed by atoms with Crippen molar-refractivity contribution >= 4 is 38.5 Å². The Morgan fingerprint density at radius 3 is 3.00 bits per heavy atom. The quantitative estimate of drug-likeness (QED) is 0.617. The van der Waals surface area contributed by atoms with Crippen molar-refractivity contribution in [1.82, 2.24) is 4.98 Å². The second kappa shape index (κ2) is 7.38. The highest BCUT2D eigenvalue weighted by Gasteiger charge is 2.16. The molecule has 2 aromatic rings. The summed E-state index contributed by atoms with van der Waals surface area (Å²) in [6.07, 6.45) is 2.12. The fourth-order valence-corrected chi connectivity index (χ4v) is 2.37. The smallest absolute Gasteiger partial charge is 0.341 e. The molecule has 0 fully saturated rings. The molecule has 1 heterocycles. The molecule has 0 aliphatic carbocycles. The highest BCUT2D eigenvalue weighted by Crippen LogP contribution is 2.29. The summed E-state index contributed by atoms with van der Waals surface area (Å²) in [5, 5.41) is 13.0. The largest absolute Gasteiger partial charge is 0.462 e. The molecule has 0 saturated heterocycles. The van der Waals surface area contributed by atoms with E-state index in [9.17, 15) is 4.79 Å². The van der Waals surface area contributed by atoms with Crippen molar-refractivity contribution < 1.29 is 14.6 Å². The van der Waals surface area contributed by atoms with Crippen molar-refractivity contribution in [3.63, 3.8) is 0 Å².